The first-order valence-electron chi connectivity index (χ1n) is 38.8. The van der Waals surface area contributed by atoms with E-state index in [2.05, 4.69) is 5.92 Å². The first-order chi connectivity index (χ1) is 52.6. The van der Waals surface area contributed by atoms with Gasteiger partial charge in [-0.3, -0.25) is 0 Å². The minimum absolute atomic E-state index is 0.0704. The molecule has 0 radical (unpaired) electrons. The molecule has 0 heterocycles. The summed E-state index contributed by atoms with van der Waals surface area (Å²) in [6.45, 7) is 16.5. The molecule has 0 aliphatic rings. The summed E-state index contributed by atoms with van der Waals surface area (Å²) in [5.74, 6) is -1.29. The Morgan fingerprint density at radius 3 is 0.519 bits per heavy atom. The third-order valence-corrected chi connectivity index (χ3v) is 16.6. The molecule has 4 aromatic carbocycles. The van der Waals surface area contributed by atoms with Crippen LogP contribution >= 0.6 is 0 Å². The minimum atomic E-state index is -0.652. The topological polar surface area (TPSA) is 304 Å². The summed E-state index contributed by atoms with van der Waals surface area (Å²) in [7, 11) is 0. The first kappa shape index (κ1) is 90.9. The van der Waals surface area contributed by atoms with Crippen LogP contribution in [-0.2, 0) is 37.9 Å². The first-order valence-corrected chi connectivity index (χ1v) is 38.8. The van der Waals surface area contributed by atoms with Crippen LogP contribution in [0.15, 0.2) is 48.5 Å². The van der Waals surface area contributed by atoms with Crippen LogP contribution in [0, 0.1) is 12.3 Å². The Labute approximate surface area is 637 Å². The van der Waals surface area contributed by atoms with Gasteiger partial charge in [-0.1, -0.05) is 109 Å². The Bertz CT molecular complexity index is 3420. The number of hydrogen-bond acceptors (Lipinski definition) is 25. The summed E-state index contributed by atoms with van der Waals surface area (Å²) < 4.78 is 91.1. The lowest BCUT2D eigenvalue weighted by atomic mass is 10.1. The van der Waals surface area contributed by atoms with Crippen molar-refractivity contribution in [3.63, 3.8) is 0 Å². The number of hydrogen-bond donors (Lipinski definition) is 1. The molecule has 4 aromatic rings. The fraction of sp³-hybridized carbons (Fsp3) is 0.590. The lowest BCUT2D eigenvalue weighted by molar-refractivity contribution is 0.0502. The van der Waals surface area contributed by atoms with Gasteiger partial charge in [-0.15, -0.1) is 6.42 Å². The molecule has 0 fully saturated rings. The number of carbonyl (C=O) groups is 8. The van der Waals surface area contributed by atoms with E-state index >= 15 is 0 Å². The van der Waals surface area contributed by atoms with Gasteiger partial charge < -0.3 is 80.9 Å². The molecule has 0 atom stereocenters. The van der Waals surface area contributed by atoms with Crippen molar-refractivity contribution in [2.75, 3.05) is 112 Å². The Morgan fingerprint density at radius 2 is 0.380 bits per heavy atom. The van der Waals surface area contributed by atoms with Crippen molar-refractivity contribution >= 4 is 47.8 Å². The molecule has 1 N–H and O–H groups in total. The quantitative estimate of drug-likeness (QED) is 0.0186. The number of terminal acetylenes is 1. The molecule has 0 aliphatic carbocycles. The number of rotatable bonds is 60. The van der Waals surface area contributed by atoms with Crippen LogP contribution < -0.4 is 37.9 Å². The molecule has 25 heteroatoms. The highest BCUT2D eigenvalue weighted by atomic mass is 16.6. The minimum Gasteiger partial charge on any atom is -0.493 e. The highest BCUT2D eigenvalue weighted by Gasteiger charge is 2.28. The number of carbonyl (C=O) groups excluding carboxylic acids is 8. The van der Waals surface area contributed by atoms with E-state index in [0.717, 1.165) is 116 Å². The maximum atomic E-state index is 13.4. The van der Waals surface area contributed by atoms with E-state index in [1.807, 2.05) is 0 Å². The van der Waals surface area contributed by atoms with Crippen LogP contribution in [0.3, 0.4) is 0 Å². The Morgan fingerprint density at radius 1 is 0.241 bits per heavy atom. The van der Waals surface area contributed by atoms with Gasteiger partial charge in [0.05, 0.1) is 99.1 Å². The maximum Gasteiger partial charge on any atom is 0.342 e. The van der Waals surface area contributed by atoms with Gasteiger partial charge in [0.1, 0.15) is 97.1 Å². The Kier molecular flexibility index (Phi) is 46.3. The van der Waals surface area contributed by atoms with Gasteiger partial charge in [-0.25, -0.2) is 38.4 Å². The van der Waals surface area contributed by atoms with Gasteiger partial charge in [0.25, 0.3) is 0 Å². The van der Waals surface area contributed by atoms with Crippen LogP contribution in [-0.4, -0.2) is 165 Å². The standard InChI is InChI=1S/C83H116O25/c1-10-44-101-68-52-61(77(86)94-12-3)69(53-60(68)76(85)93-11-2)102-46-37-29-21-22-30-38-48-105-72-56-65(81(90)98-16-7)73(57-64(72)80(89)97-15-6)106-50-41-33-25-26-34-42-51-108-75-59-66(82(91)99-17-8)74(58-67(75)83(92)100-18-9)107-49-40-32-24-23-31-39-47-104-71-55-62(78(87)95-13-4)70(54-63(71)79(88)96-14-5)103-45-36-28-20-19-27-35-43-84/h1,52-59,84H,11-51H2,2-9H3. The van der Waals surface area contributed by atoms with Crippen molar-refractivity contribution in [2.45, 2.75) is 209 Å². The summed E-state index contributed by atoms with van der Waals surface area (Å²) in [5, 5.41) is 9.04. The lowest BCUT2D eigenvalue weighted by Crippen LogP contribution is -2.14. The summed E-state index contributed by atoms with van der Waals surface area (Å²) in [4.78, 5) is 105. The molecule has 0 bridgehead atoms. The van der Waals surface area contributed by atoms with Crippen molar-refractivity contribution in [3.05, 3.63) is 93.0 Å². The smallest absolute Gasteiger partial charge is 0.342 e. The van der Waals surface area contributed by atoms with E-state index in [4.69, 9.17) is 87.3 Å². The number of benzene rings is 4. The zero-order chi connectivity index (χ0) is 78.5. The van der Waals surface area contributed by atoms with Crippen LogP contribution in [0.2, 0.25) is 0 Å². The predicted molar refractivity (Wildman–Crippen MR) is 404 cm³/mol. The van der Waals surface area contributed by atoms with E-state index < -0.39 is 47.8 Å². The summed E-state index contributed by atoms with van der Waals surface area (Å²) in [5.41, 5.74) is 0.944. The number of unbranched alkanes of at least 4 members (excludes halogenated alkanes) is 20. The Balaban J connectivity index is 1.24. The van der Waals surface area contributed by atoms with Gasteiger partial charge in [0, 0.05) is 6.61 Å². The fourth-order valence-electron chi connectivity index (χ4n) is 11.2. The third kappa shape index (κ3) is 33.0. The molecular weight excluding hydrogens is 1400 g/mol. The van der Waals surface area contributed by atoms with Crippen LogP contribution in [0.4, 0.5) is 0 Å². The molecule has 108 heavy (non-hydrogen) atoms. The molecule has 0 unspecified atom stereocenters. The van der Waals surface area contributed by atoms with Crippen molar-refractivity contribution in [1.82, 2.24) is 0 Å². The largest absolute Gasteiger partial charge is 0.493 e. The van der Waals surface area contributed by atoms with Crippen molar-refractivity contribution in [2.24, 2.45) is 0 Å². The number of esters is 8. The van der Waals surface area contributed by atoms with E-state index in [0.29, 0.717) is 45.1 Å². The number of aliphatic hydroxyl groups excluding tert-OH is 1. The van der Waals surface area contributed by atoms with E-state index in [9.17, 15) is 38.4 Å². The zero-order valence-corrected chi connectivity index (χ0v) is 64.9. The van der Waals surface area contributed by atoms with Gasteiger partial charge in [0.2, 0.25) is 0 Å². The van der Waals surface area contributed by atoms with E-state index in [1.165, 1.54) is 48.5 Å². The molecule has 0 aliphatic heterocycles. The van der Waals surface area contributed by atoms with Crippen LogP contribution in [0.1, 0.15) is 292 Å². The van der Waals surface area contributed by atoms with E-state index in [1.54, 1.807) is 55.4 Å². The van der Waals surface area contributed by atoms with Crippen molar-refractivity contribution < 1.29 is 119 Å². The molecule has 0 saturated heterocycles. The van der Waals surface area contributed by atoms with E-state index in [-0.39, 0.29) is 196 Å². The third-order valence-electron chi connectivity index (χ3n) is 16.6. The highest BCUT2D eigenvalue weighted by Crippen LogP contribution is 2.36. The fourth-order valence-corrected chi connectivity index (χ4v) is 11.2. The monoisotopic (exact) mass is 1510 g/mol. The molecular formula is C83H116O25. The lowest BCUT2D eigenvalue weighted by Gasteiger charge is -2.17. The maximum absolute atomic E-state index is 13.4. The molecule has 4 rings (SSSR count). The average molecular weight is 1510 g/mol. The second-order valence-electron chi connectivity index (χ2n) is 24.8. The number of aliphatic hydroxyl groups is 1. The number of ether oxygens (including phenoxy) is 16. The molecule has 598 valence electrons. The Hall–Kier alpha value is -9.44. The average Bonchev–Trinajstić information content (AvgIpc) is 0.829. The molecule has 0 spiro atoms. The van der Waals surface area contributed by atoms with Gasteiger partial charge in [0.15, 0.2) is 0 Å². The van der Waals surface area contributed by atoms with Crippen LogP contribution in [0.25, 0.3) is 0 Å². The van der Waals surface area contributed by atoms with Gasteiger partial charge in [-0.2, -0.15) is 0 Å². The van der Waals surface area contributed by atoms with Crippen molar-refractivity contribution in [1.29, 1.82) is 0 Å². The SMILES string of the molecule is C#CCOc1cc(C(=O)OCC)c(OCCCCCCCCOc2cc(C(=O)OCC)c(OCCCCCCCCOc3cc(C(=O)OCC)c(OCCCCCCCCOc4cc(C(=O)OCC)c(OCCCCCCCCO)cc4C(=O)OCC)cc3C(=O)OCC)cc2C(=O)OCC)cc1C(=O)OCC. The highest BCUT2D eigenvalue weighted by molar-refractivity contribution is 6.01. The normalized spacial score (nSPS) is 10.8. The molecule has 25 nitrogen and oxygen atoms in total. The molecule has 0 aromatic heterocycles. The molecule has 0 saturated carbocycles. The second kappa shape index (κ2) is 55.0. The summed E-state index contributed by atoms with van der Waals surface area (Å²) in [6, 6.07) is 11.7. The van der Waals surface area contributed by atoms with Crippen LogP contribution in [0.5, 0.6) is 46.0 Å². The second-order valence-corrected chi connectivity index (χ2v) is 24.8. The predicted octanol–water partition coefficient (Wildman–Crippen LogP) is 16.2. The van der Waals surface area contributed by atoms with Gasteiger partial charge in [-0.05, 0) is 155 Å². The zero-order valence-electron chi connectivity index (χ0n) is 64.9. The summed E-state index contributed by atoms with van der Waals surface area (Å²) in [6.07, 6.45) is 24.8. The van der Waals surface area contributed by atoms with Crippen molar-refractivity contribution in [3.8, 4) is 58.3 Å². The summed E-state index contributed by atoms with van der Waals surface area (Å²) >= 11 is 0. The van der Waals surface area contributed by atoms with Gasteiger partial charge >= 0.3 is 47.8 Å². The molecule has 0 amide bonds.